The summed E-state index contributed by atoms with van der Waals surface area (Å²) in [5, 5.41) is 3.85. The minimum atomic E-state index is 0.860. The highest BCUT2D eigenvalue weighted by Crippen LogP contribution is 2.43. The standard InChI is InChI=1S/C19H37N/c1-2-3-4-5-6-7-8-9-15-20-19-12-10-11-18(16-19)17-13-14-17/h17-20H,2-16H2,1H3. The van der Waals surface area contributed by atoms with Crippen LogP contribution < -0.4 is 5.32 Å². The highest BCUT2D eigenvalue weighted by molar-refractivity contribution is 4.87. The molecule has 2 rings (SSSR count). The summed E-state index contributed by atoms with van der Waals surface area (Å²) in [5.74, 6) is 2.21. The Morgan fingerprint density at radius 3 is 2.15 bits per heavy atom. The Bertz CT molecular complexity index is 234. The molecule has 0 aliphatic heterocycles. The molecule has 2 atom stereocenters. The maximum absolute atomic E-state index is 3.85. The van der Waals surface area contributed by atoms with Gasteiger partial charge in [-0.05, 0) is 50.5 Å². The first kappa shape index (κ1) is 16.3. The summed E-state index contributed by atoms with van der Waals surface area (Å²) in [6.45, 7) is 3.57. The molecule has 0 spiro atoms. The zero-order valence-electron chi connectivity index (χ0n) is 13.8. The van der Waals surface area contributed by atoms with Crippen molar-refractivity contribution in [3.05, 3.63) is 0 Å². The van der Waals surface area contributed by atoms with Gasteiger partial charge in [-0.1, -0.05) is 64.7 Å². The Kier molecular flexibility index (Phi) is 8.02. The third kappa shape index (κ3) is 6.61. The molecule has 20 heavy (non-hydrogen) atoms. The van der Waals surface area contributed by atoms with Gasteiger partial charge in [0.15, 0.2) is 0 Å². The van der Waals surface area contributed by atoms with E-state index in [0.29, 0.717) is 0 Å². The zero-order valence-corrected chi connectivity index (χ0v) is 13.8. The molecule has 0 aromatic carbocycles. The second-order valence-corrected chi connectivity index (χ2v) is 7.39. The molecule has 2 unspecified atom stereocenters. The molecule has 0 saturated heterocycles. The second kappa shape index (κ2) is 9.82. The molecule has 1 heteroatoms. The lowest BCUT2D eigenvalue weighted by Gasteiger charge is -2.30. The first-order chi connectivity index (χ1) is 9.90. The van der Waals surface area contributed by atoms with Gasteiger partial charge in [0.25, 0.3) is 0 Å². The van der Waals surface area contributed by atoms with Crippen molar-refractivity contribution < 1.29 is 0 Å². The van der Waals surface area contributed by atoms with Crippen molar-refractivity contribution in [1.29, 1.82) is 0 Å². The van der Waals surface area contributed by atoms with Crippen LogP contribution >= 0.6 is 0 Å². The average molecular weight is 280 g/mol. The summed E-state index contributed by atoms with van der Waals surface area (Å²) in [6.07, 6.45) is 20.5. The maximum Gasteiger partial charge on any atom is 0.00698 e. The zero-order chi connectivity index (χ0) is 14.0. The molecule has 0 heterocycles. The van der Waals surface area contributed by atoms with E-state index in [1.54, 1.807) is 0 Å². The summed E-state index contributed by atoms with van der Waals surface area (Å²) >= 11 is 0. The monoisotopic (exact) mass is 279 g/mol. The molecule has 0 amide bonds. The molecule has 0 radical (unpaired) electrons. The Labute approximate surface area is 127 Å². The third-order valence-corrected chi connectivity index (χ3v) is 5.47. The topological polar surface area (TPSA) is 12.0 Å². The smallest absolute Gasteiger partial charge is 0.00698 e. The summed E-state index contributed by atoms with van der Waals surface area (Å²) in [4.78, 5) is 0. The quantitative estimate of drug-likeness (QED) is 0.479. The molecular formula is C19H37N. The van der Waals surface area contributed by atoms with Crippen molar-refractivity contribution in [2.75, 3.05) is 6.54 Å². The van der Waals surface area contributed by atoms with Gasteiger partial charge in [-0.15, -0.1) is 0 Å². The summed E-state index contributed by atoms with van der Waals surface area (Å²) in [6, 6.07) is 0.860. The van der Waals surface area contributed by atoms with Crippen molar-refractivity contribution >= 4 is 0 Å². The number of hydrogen-bond donors (Lipinski definition) is 1. The fourth-order valence-electron chi connectivity index (χ4n) is 3.97. The van der Waals surface area contributed by atoms with Crippen molar-refractivity contribution in [3.63, 3.8) is 0 Å². The molecule has 0 aromatic heterocycles. The van der Waals surface area contributed by atoms with Gasteiger partial charge in [-0.2, -0.15) is 0 Å². The van der Waals surface area contributed by atoms with E-state index in [1.807, 2.05) is 0 Å². The van der Waals surface area contributed by atoms with Crippen LogP contribution in [0.1, 0.15) is 96.8 Å². The van der Waals surface area contributed by atoms with Gasteiger partial charge in [0, 0.05) is 6.04 Å². The maximum atomic E-state index is 3.85. The first-order valence-electron chi connectivity index (χ1n) is 9.63. The molecule has 1 N–H and O–H groups in total. The normalized spacial score (nSPS) is 26.9. The van der Waals surface area contributed by atoms with E-state index < -0.39 is 0 Å². The molecule has 118 valence electrons. The van der Waals surface area contributed by atoms with Crippen molar-refractivity contribution in [2.45, 2.75) is 103 Å². The Morgan fingerprint density at radius 1 is 0.750 bits per heavy atom. The van der Waals surface area contributed by atoms with E-state index in [2.05, 4.69) is 12.2 Å². The number of unbranched alkanes of at least 4 members (excludes halogenated alkanes) is 7. The molecule has 1 nitrogen and oxygen atoms in total. The third-order valence-electron chi connectivity index (χ3n) is 5.47. The average Bonchev–Trinajstić information content (AvgIpc) is 3.30. The van der Waals surface area contributed by atoms with Gasteiger partial charge in [-0.25, -0.2) is 0 Å². The van der Waals surface area contributed by atoms with Gasteiger partial charge in [-0.3, -0.25) is 0 Å². The van der Waals surface area contributed by atoms with E-state index in [1.165, 1.54) is 96.4 Å². The SMILES string of the molecule is CCCCCCCCCCNC1CCCC(C2CC2)C1. The predicted molar refractivity (Wildman–Crippen MR) is 89.1 cm³/mol. The number of hydrogen-bond acceptors (Lipinski definition) is 1. The summed E-state index contributed by atoms with van der Waals surface area (Å²) in [5.41, 5.74) is 0. The van der Waals surface area contributed by atoms with Crippen LogP contribution in [0, 0.1) is 11.8 Å². The molecule has 0 aromatic rings. The van der Waals surface area contributed by atoms with Crippen LogP contribution in [0.25, 0.3) is 0 Å². The van der Waals surface area contributed by atoms with E-state index in [9.17, 15) is 0 Å². The van der Waals surface area contributed by atoms with E-state index in [4.69, 9.17) is 0 Å². The van der Waals surface area contributed by atoms with Crippen LogP contribution in [0.5, 0.6) is 0 Å². The van der Waals surface area contributed by atoms with E-state index >= 15 is 0 Å². The fourth-order valence-corrected chi connectivity index (χ4v) is 3.97. The van der Waals surface area contributed by atoms with Crippen molar-refractivity contribution in [2.24, 2.45) is 11.8 Å². The van der Waals surface area contributed by atoms with Gasteiger partial charge >= 0.3 is 0 Å². The number of nitrogens with one attached hydrogen (secondary N) is 1. The molecule has 2 aliphatic rings. The lowest BCUT2D eigenvalue weighted by atomic mass is 9.82. The second-order valence-electron chi connectivity index (χ2n) is 7.39. The Hall–Kier alpha value is -0.0400. The molecule has 0 bridgehead atoms. The van der Waals surface area contributed by atoms with Gasteiger partial charge in [0.2, 0.25) is 0 Å². The molecule has 2 aliphatic carbocycles. The minimum Gasteiger partial charge on any atom is -0.314 e. The molecule has 2 saturated carbocycles. The van der Waals surface area contributed by atoms with Crippen LogP contribution in [-0.4, -0.2) is 12.6 Å². The minimum absolute atomic E-state index is 0.860. The highest BCUT2D eigenvalue weighted by atomic mass is 14.9. The lowest BCUT2D eigenvalue weighted by Crippen LogP contribution is -2.35. The summed E-state index contributed by atoms with van der Waals surface area (Å²) in [7, 11) is 0. The van der Waals surface area contributed by atoms with Gasteiger partial charge in [0.05, 0.1) is 0 Å². The summed E-state index contributed by atoms with van der Waals surface area (Å²) < 4.78 is 0. The van der Waals surface area contributed by atoms with Crippen LogP contribution in [0.3, 0.4) is 0 Å². The van der Waals surface area contributed by atoms with Crippen LogP contribution in [0.4, 0.5) is 0 Å². The van der Waals surface area contributed by atoms with Crippen molar-refractivity contribution in [3.8, 4) is 0 Å². The molecule has 2 fully saturated rings. The van der Waals surface area contributed by atoms with Crippen LogP contribution in [0.15, 0.2) is 0 Å². The van der Waals surface area contributed by atoms with Crippen LogP contribution in [-0.2, 0) is 0 Å². The largest absolute Gasteiger partial charge is 0.314 e. The lowest BCUT2D eigenvalue weighted by molar-refractivity contribution is 0.260. The highest BCUT2D eigenvalue weighted by Gasteiger charge is 2.34. The van der Waals surface area contributed by atoms with Crippen molar-refractivity contribution in [1.82, 2.24) is 5.32 Å². The fraction of sp³-hybridized carbons (Fsp3) is 1.00. The van der Waals surface area contributed by atoms with Crippen LogP contribution in [0.2, 0.25) is 0 Å². The van der Waals surface area contributed by atoms with Gasteiger partial charge < -0.3 is 5.32 Å². The Balaban J connectivity index is 1.39. The van der Waals surface area contributed by atoms with E-state index in [0.717, 1.165) is 17.9 Å². The van der Waals surface area contributed by atoms with E-state index in [-0.39, 0.29) is 0 Å². The first-order valence-corrected chi connectivity index (χ1v) is 9.63. The number of rotatable bonds is 11. The van der Waals surface area contributed by atoms with Gasteiger partial charge in [0.1, 0.15) is 0 Å². The Morgan fingerprint density at radius 2 is 1.45 bits per heavy atom. The predicted octanol–water partition coefficient (Wildman–Crippen LogP) is 5.69. The molecular weight excluding hydrogens is 242 g/mol.